The van der Waals surface area contributed by atoms with Crippen LogP contribution in [0.2, 0.25) is 0 Å². The average Bonchev–Trinajstić information content (AvgIpc) is 2.37. The van der Waals surface area contributed by atoms with Gasteiger partial charge in [0.05, 0.1) is 12.5 Å². The summed E-state index contributed by atoms with van der Waals surface area (Å²) in [5, 5.41) is 0. The maximum absolute atomic E-state index is 10.9. The number of halogens is 1. The molecule has 0 spiro atoms. The third kappa shape index (κ3) is 2.22. The Morgan fingerprint density at radius 2 is 2.55 bits per heavy atom. The van der Waals surface area contributed by atoms with Crippen LogP contribution in [0.15, 0.2) is 12.2 Å². The van der Waals surface area contributed by atoms with Crippen LogP contribution in [0.3, 0.4) is 0 Å². The van der Waals surface area contributed by atoms with E-state index in [-0.39, 0.29) is 11.9 Å². The number of hydrogen-bond acceptors (Lipinski definition) is 2. The predicted molar refractivity (Wildman–Crippen MR) is 43.5 cm³/mol. The van der Waals surface area contributed by atoms with Gasteiger partial charge in [0.1, 0.15) is 0 Å². The first-order valence-electron chi connectivity index (χ1n) is 3.63. The monoisotopic (exact) mass is 174 g/mol. The van der Waals surface area contributed by atoms with Gasteiger partial charge in [-0.25, -0.2) is 0 Å². The van der Waals surface area contributed by atoms with Gasteiger partial charge in [0.2, 0.25) is 0 Å². The number of cyclic esters (lactones) is 1. The van der Waals surface area contributed by atoms with Gasteiger partial charge in [0, 0.05) is 5.88 Å². The van der Waals surface area contributed by atoms with Gasteiger partial charge in [0.15, 0.2) is 0 Å². The highest BCUT2D eigenvalue weighted by Gasteiger charge is 2.26. The van der Waals surface area contributed by atoms with E-state index in [1.165, 1.54) is 0 Å². The van der Waals surface area contributed by atoms with E-state index < -0.39 is 0 Å². The molecular weight excluding hydrogens is 164 g/mol. The lowest BCUT2D eigenvalue weighted by atomic mass is 10.0. The number of ether oxygens (including phenoxy) is 1. The first-order valence-corrected chi connectivity index (χ1v) is 4.16. The zero-order valence-corrected chi connectivity index (χ0v) is 7.06. The third-order valence-corrected chi connectivity index (χ3v) is 2.15. The minimum Gasteiger partial charge on any atom is -0.465 e. The molecule has 0 aromatic rings. The molecule has 0 bridgehead atoms. The number of hydrogen-bond donors (Lipinski definition) is 0. The van der Waals surface area contributed by atoms with Crippen molar-refractivity contribution in [3.8, 4) is 0 Å². The van der Waals surface area contributed by atoms with Crippen LogP contribution >= 0.6 is 11.6 Å². The number of rotatable bonds is 3. The molecule has 62 valence electrons. The van der Waals surface area contributed by atoms with Crippen molar-refractivity contribution in [3.05, 3.63) is 12.2 Å². The highest BCUT2D eigenvalue weighted by Crippen LogP contribution is 2.21. The van der Waals surface area contributed by atoms with Crippen LogP contribution in [0.1, 0.15) is 12.8 Å². The van der Waals surface area contributed by atoms with E-state index in [1.54, 1.807) is 0 Å². The van der Waals surface area contributed by atoms with E-state index >= 15 is 0 Å². The lowest BCUT2D eigenvalue weighted by Gasteiger charge is -2.04. The van der Waals surface area contributed by atoms with Gasteiger partial charge in [-0.1, -0.05) is 12.2 Å². The summed E-state index contributed by atoms with van der Waals surface area (Å²) in [6, 6.07) is 0. The van der Waals surface area contributed by atoms with Crippen LogP contribution < -0.4 is 0 Å². The lowest BCUT2D eigenvalue weighted by Crippen LogP contribution is -2.08. The summed E-state index contributed by atoms with van der Waals surface area (Å²) in [7, 11) is 0. The molecule has 1 unspecified atom stereocenters. The van der Waals surface area contributed by atoms with Gasteiger partial charge < -0.3 is 4.74 Å². The largest absolute Gasteiger partial charge is 0.465 e. The van der Waals surface area contributed by atoms with Crippen LogP contribution in [0, 0.1) is 5.92 Å². The standard InChI is InChI=1S/C8H11ClO2/c1-6(5-9)4-7-2-3-11-8(7)10/h7H,1-5H2. The molecule has 3 heteroatoms. The Morgan fingerprint density at radius 1 is 1.82 bits per heavy atom. The van der Waals surface area contributed by atoms with E-state index in [4.69, 9.17) is 16.3 Å². The van der Waals surface area contributed by atoms with Gasteiger partial charge in [-0.05, 0) is 12.8 Å². The topological polar surface area (TPSA) is 26.3 Å². The minimum atomic E-state index is -0.101. The molecule has 0 amide bonds. The van der Waals surface area contributed by atoms with Crippen molar-refractivity contribution in [2.45, 2.75) is 12.8 Å². The fraction of sp³-hybridized carbons (Fsp3) is 0.625. The Kier molecular flexibility index (Phi) is 2.94. The smallest absolute Gasteiger partial charge is 0.309 e. The van der Waals surface area contributed by atoms with Crippen molar-refractivity contribution >= 4 is 17.6 Å². The van der Waals surface area contributed by atoms with Gasteiger partial charge in [-0.2, -0.15) is 0 Å². The molecule has 0 aliphatic carbocycles. The van der Waals surface area contributed by atoms with E-state index in [0.29, 0.717) is 18.9 Å². The van der Waals surface area contributed by atoms with Crippen molar-refractivity contribution < 1.29 is 9.53 Å². The van der Waals surface area contributed by atoms with Crippen LogP contribution in [0.4, 0.5) is 0 Å². The molecule has 1 heterocycles. The summed E-state index contributed by atoms with van der Waals surface area (Å²) < 4.78 is 4.79. The van der Waals surface area contributed by atoms with Crippen molar-refractivity contribution in [2.75, 3.05) is 12.5 Å². The van der Waals surface area contributed by atoms with E-state index in [1.807, 2.05) is 0 Å². The first-order chi connectivity index (χ1) is 5.24. The van der Waals surface area contributed by atoms with Gasteiger partial charge in [-0.3, -0.25) is 4.79 Å². The summed E-state index contributed by atoms with van der Waals surface area (Å²) in [6.07, 6.45) is 1.50. The minimum absolute atomic E-state index is 0.0150. The van der Waals surface area contributed by atoms with Crippen LogP contribution in [-0.4, -0.2) is 18.5 Å². The molecule has 1 aliphatic rings. The Hall–Kier alpha value is -0.500. The molecule has 0 radical (unpaired) electrons. The summed E-state index contributed by atoms with van der Waals surface area (Å²) in [4.78, 5) is 10.9. The summed E-state index contributed by atoms with van der Waals surface area (Å²) in [5.74, 6) is 0.349. The number of carbonyl (C=O) groups is 1. The molecule has 0 aromatic heterocycles. The number of carbonyl (C=O) groups excluding carboxylic acids is 1. The van der Waals surface area contributed by atoms with Crippen LogP contribution in [0.5, 0.6) is 0 Å². The second-order valence-corrected chi connectivity index (χ2v) is 3.01. The summed E-state index contributed by atoms with van der Waals surface area (Å²) in [5.41, 5.74) is 0.913. The Bertz CT molecular complexity index is 177. The molecule has 0 aromatic carbocycles. The SMILES string of the molecule is C=C(CCl)CC1CCOC1=O. The van der Waals surface area contributed by atoms with Gasteiger partial charge >= 0.3 is 5.97 Å². The van der Waals surface area contributed by atoms with E-state index in [9.17, 15) is 4.79 Å². The fourth-order valence-electron chi connectivity index (χ4n) is 1.13. The normalized spacial score (nSPS) is 23.4. The maximum atomic E-state index is 10.9. The third-order valence-electron chi connectivity index (χ3n) is 1.77. The fourth-order valence-corrected chi connectivity index (χ4v) is 1.23. The highest BCUT2D eigenvalue weighted by atomic mass is 35.5. The first kappa shape index (κ1) is 8.60. The second-order valence-electron chi connectivity index (χ2n) is 2.74. The zero-order valence-electron chi connectivity index (χ0n) is 6.31. The van der Waals surface area contributed by atoms with Crippen LogP contribution in [-0.2, 0) is 9.53 Å². The zero-order chi connectivity index (χ0) is 8.27. The Morgan fingerprint density at radius 3 is 3.00 bits per heavy atom. The lowest BCUT2D eigenvalue weighted by molar-refractivity contribution is -0.141. The second kappa shape index (κ2) is 3.77. The van der Waals surface area contributed by atoms with Gasteiger partial charge in [-0.15, -0.1) is 11.6 Å². The molecule has 1 fully saturated rings. The molecule has 1 atom stereocenters. The van der Waals surface area contributed by atoms with Crippen LogP contribution in [0.25, 0.3) is 0 Å². The summed E-state index contributed by atoms with van der Waals surface area (Å²) >= 11 is 5.53. The molecule has 2 nitrogen and oxygen atoms in total. The number of allylic oxidation sites excluding steroid dienone is 1. The predicted octanol–water partition coefficient (Wildman–Crippen LogP) is 1.73. The summed E-state index contributed by atoms with van der Waals surface area (Å²) in [6.45, 7) is 4.29. The molecule has 11 heavy (non-hydrogen) atoms. The highest BCUT2D eigenvalue weighted by molar-refractivity contribution is 6.19. The molecule has 0 N–H and O–H groups in total. The molecule has 1 saturated heterocycles. The van der Waals surface area contributed by atoms with Crippen molar-refractivity contribution in [1.82, 2.24) is 0 Å². The Balaban J connectivity index is 2.36. The number of alkyl halides is 1. The number of esters is 1. The molecule has 1 rings (SSSR count). The van der Waals surface area contributed by atoms with Crippen molar-refractivity contribution in [1.29, 1.82) is 0 Å². The Labute approximate surface area is 71.2 Å². The van der Waals surface area contributed by atoms with Gasteiger partial charge in [0.25, 0.3) is 0 Å². The van der Waals surface area contributed by atoms with Crippen molar-refractivity contribution in [2.24, 2.45) is 5.92 Å². The van der Waals surface area contributed by atoms with E-state index in [0.717, 1.165) is 12.0 Å². The maximum Gasteiger partial charge on any atom is 0.309 e. The molecule has 1 aliphatic heterocycles. The molecular formula is C8H11ClO2. The van der Waals surface area contributed by atoms with E-state index in [2.05, 4.69) is 6.58 Å². The average molecular weight is 175 g/mol. The molecule has 0 saturated carbocycles. The quantitative estimate of drug-likeness (QED) is 0.370. The van der Waals surface area contributed by atoms with Crippen molar-refractivity contribution in [3.63, 3.8) is 0 Å².